The number of carbonyl (C=O) groups is 3. The van der Waals surface area contributed by atoms with Crippen LogP contribution in [0.1, 0.15) is 56.3 Å². The summed E-state index contributed by atoms with van der Waals surface area (Å²) < 4.78 is 24.6. The summed E-state index contributed by atoms with van der Waals surface area (Å²) in [6.07, 6.45) is 3.83. The number of esters is 1. The molecule has 0 radical (unpaired) electrons. The van der Waals surface area contributed by atoms with Crippen LogP contribution in [0.4, 0.5) is 26.2 Å². The van der Waals surface area contributed by atoms with Gasteiger partial charge in [-0.3, -0.25) is 10.1 Å². The van der Waals surface area contributed by atoms with E-state index in [2.05, 4.69) is 25.9 Å². The van der Waals surface area contributed by atoms with Crippen LogP contribution in [0.3, 0.4) is 0 Å². The molecule has 2 amide bonds. The second kappa shape index (κ2) is 15.6. The zero-order valence-corrected chi connectivity index (χ0v) is 26.7. The number of halogens is 2. The predicted molar refractivity (Wildman–Crippen MR) is 172 cm³/mol. The number of hydrogen-bond donors (Lipinski definition) is 4. The number of fused-ring (bicyclic) bond motifs is 4. The van der Waals surface area contributed by atoms with E-state index < -0.39 is 23.9 Å². The third-order valence-electron chi connectivity index (χ3n) is 7.78. The number of likely N-dealkylation sites (N-methyl/N-ethyl adjacent to an activating group) is 1. The first-order chi connectivity index (χ1) is 21.6. The van der Waals surface area contributed by atoms with Gasteiger partial charge in [-0.2, -0.15) is 0 Å². The number of nitrogens with one attached hydrogen (secondary N) is 4. The molecule has 242 valence electrons. The molecule has 0 spiro atoms. The fourth-order valence-electron chi connectivity index (χ4n) is 5.23. The summed E-state index contributed by atoms with van der Waals surface area (Å²) >= 11 is 5.77. The average Bonchev–Trinajstić information content (AvgIpc) is 3.51. The van der Waals surface area contributed by atoms with E-state index >= 15 is 0 Å². The van der Waals surface area contributed by atoms with Crippen molar-refractivity contribution in [2.45, 2.75) is 57.9 Å². The first kappa shape index (κ1) is 33.6. The van der Waals surface area contributed by atoms with Gasteiger partial charge in [0, 0.05) is 48.8 Å². The monoisotopic (exact) mass is 642 g/mol. The number of amides is 2. The Bertz CT molecular complexity index is 1520. The molecule has 0 aliphatic carbocycles. The van der Waals surface area contributed by atoms with E-state index in [0.29, 0.717) is 50.2 Å². The summed E-state index contributed by atoms with van der Waals surface area (Å²) in [6.45, 7) is 3.97. The van der Waals surface area contributed by atoms with Crippen molar-refractivity contribution in [2.75, 3.05) is 49.8 Å². The van der Waals surface area contributed by atoms with Crippen molar-refractivity contribution >= 4 is 46.6 Å². The van der Waals surface area contributed by atoms with Gasteiger partial charge in [-0.25, -0.2) is 19.0 Å². The molecule has 45 heavy (non-hydrogen) atoms. The predicted octanol–water partition coefficient (Wildman–Crippen LogP) is 6.32. The Kier molecular flexibility index (Phi) is 11.6. The summed E-state index contributed by atoms with van der Waals surface area (Å²) in [5.74, 6) is -0.999. The van der Waals surface area contributed by atoms with E-state index in [1.54, 1.807) is 25.1 Å². The van der Waals surface area contributed by atoms with Crippen molar-refractivity contribution < 1.29 is 28.2 Å². The molecule has 2 bridgehead atoms. The molecule has 3 aromatic rings. The number of H-pyrrole nitrogens is 1. The Balaban J connectivity index is 1.42. The van der Waals surface area contributed by atoms with Crippen molar-refractivity contribution in [2.24, 2.45) is 0 Å². The van der Waals surface area contributed by atoms with Crippen LogP contribution in [-0.2, 0) is 19.1 Å². The molecular weight excluding hydrogens is 603 g/mol. The van der Waals surface area contributed by atoms with Crippen molar-refractivity contribution in [3.63, 3.8) is 0 Å². The molecule has 1 aliphatic heterocycles. The first-order valence-corrected chi connectivity index (χ1v) is 15.4. The molecule has 2 heterocycles. The largest absolute Gasteiger partial charge is 0.464 e. The lowest BCUT2D eigenvalue weighted by Gasteiger charge is -2.24. The van der Waals surface area contributed by atoms with Gasteiger partial charge in [-0.15, -0.1) is 0 Å². The summed E-state index contributed by atoms with van der Waals surface area (Å²) in [5, 5.41) is 9.00. The number of aromatic amines is 1. The number of carbonyl (C=O) groups excluding carboxylic acids is 3. The highest BCUT2D eigenvalue weighted by atomic mass is 35.5. The van der Waals surface area contributed by atoms with E-state index in [0.717, 1.165) is 16.9 Å². The van der Waals surface area contributed by atoms with Gasteiger partial charge in [-0.1, -0.05) is 24.4 Å². The Morgan fingerprint density at radius 1 is 1.16 bits per heavy atom. The highest BCUT2D eigenvalue weighted by Crippen LogP contribution is 2.34. The van der Waals surface area contributed by atoms with Crippen LogP contribution in [0.2, 0.25) is 5.02 Å². The van der Waals surface area contributed by atoms with Crippen molar-refractivity contribution in [1.29, 1.82) is 0 Å². The Morgan fingerprint density at radius 3 is 2.69 bits per heavy atom. The van der Waals surface area contributed by atoms with E-state index in [4.69, 9.17) is 21.1 Å². The van der Waals surface area contributed by atoms with Crippen LogP contribution in [0.15, 0.2) is 36.5 Å². The molecule has 2 aromatic carbocycles. The van der Waals surface area contributed by atoms with Gasteiger partial charge in [0.2, 0.25) is 5.91 Å². The number of imidazole rings is 1. The summed E-state index contributed by atoms with van der Waals surface area (Å²) in [6, 6.07) is 8.11. The average molecular weight is 643 g/mol. The van der Waals surface area contributed by atoms with Crippen molar-refractivity contribution in [1.82, 2.24) is 14.9 Å². The van der Waals surface area contributed by atoms with E-state index in [1.165, 1.54) is 19.1 Å². The summed E-state index contributed by atoms with van der Waals surface area (Å²) in [7, 11) is 3.53. The van der Waals surface area contributed by atoms with Gasteiger partial charge < -0.3 is 30.0 Å². The van der Waals surface area contributed by atoms with E-state index in [9.17, 15) is 18.8 Å². The minimum atomic E-state index is -0.728. The number of rotatable bonds is 9. The second-order valence-electron chi connectivity index (χ2n) is 10.9. The van der Waals surface area contributed by atoms with Gasteiger partial charge in [0.15, 0.2) is 0 Å². The normalized spacial score (nSPS) is 16.2. The van der Waals surface area contributed by atoms with Crippen LogP contribution >= 0.6 is 11.6 Å². The highest BCUT2D eigenvalue weighted by Gasteiger charge is 2.29. The molecule has 1 aromatic heterocycles. The maximum Gasteiger partial charge on any atom is 0.411 e. The SMILES string of the molecule is CCOC(=O)C1CCCCC(C(=O)N(C)CCCOC(=O)Nc2ccc(Cl)c(F)c2C)c2ncc([nH]2)-c2ccc(NC)cc2N1. The van der Waals surface area contributed by atoms with Crippen molar-refractivity contribution in [3.05, 3.63) is 58.8 Å². The fourth-order valence-corrected chi connectivity index (χ4v) is 5.44. The number of hydrogen-bond acceptors (Lipinski definition) is 8. The summed E-state index contributed by atoms with van der Waals surface area (Å²) in [5.41, 5.74) is 3.63. The van der Waals surface area contributed by atoms with E-state index in [1.807, 2.05) is 25.2 Å². The summed E-state index contributed by atoms with van der Waals surface area (Å²) in [4.78, 5) is 48.3. The van der Waals surface area contributed by atoms with Gasteiger partial charge in [0.05, 0.1) is 36.0 Å². The molecular formula is C32H40ClFN6O5. The molecule has 0 fully saturated rings. The standard InChI is InChI=1S/C32H40ClFN6O5/c1-5-44-31(42)25-10-7-6-9-22(29-36-18-27(38-29)21-12-11-20(35-3)17-26(21)37-25)30(41)40(4)15-8-16-45-32(43)39-24-14-13-23(33)28(34)19(24)2/h11-14,17-18,22,25,35,37H,5-10,15-16H2,1-4H3,(H,36,38)(H,39,43). The van der Waals surface area contributed by atoms with Crippen LogP contribution in [0, 0.1) is 12.7 Å². The van der Waals surface area contributed by atoms with Crippen LogP contribution < -0.4 is 16.0 Å². The highest BCUT2D eigenvalue weighted by molar-refractivity contribution is 6.30. The van der Waals surface area contributed by atoms with E-state index in [-0.39, 0.29) is 41.4 Å². The third-order valence-corrected chi connectivity index (χ3v) is 8.07. The van der Waals surface area contributed by atoms with Crippen LogP contribution in [-0.4, -0.2) is 72.7 Å². The smallest absolute Gasteiger partial charge is 0.411 e. The van der Waals surface area contributed by atoms with Crippen LogP contribution in [0.25, 0.3) is 11.3 Å². The number of anilines is 3. The number of benzene rings is 2. The maximum absolute atomic E-state index is 14.0. The molecule has 2 unspecified atom stereocenters. The van der Waals surface area contributed by atoms with Gasteiger partial charge in [0.25, 0.3) is 0 Å². The Labute approximate surface area is 267 Å². The Morgan fingerprint density at radius 2 is 1.93 bits per heavy atom. The second-order valence-corrected chi connectivity index (χ2v) is 11.3. The van der Waals surface area contributed by atoms with Gasteiger partial charge >= 0.3 is 12.1 Å². The number of aromatic nitrogens is 2. The lowest BCUT2D eigenvalue weighted by Crippen LogP contribution is -2.34. The lowest BCUT2D eigenvalue weighted by molar-refractivity contribution is -0.144. The zero-order valence-electron chi connectivity index (χ0n) is 26.0. The molecule has 1 aliphatic rings. The van der Waals surface area contributed by atoms with Gasteiger partial charge in [0.1, 0.15) is 17.7 Å². The molecule has 2 atom stereocenters. The molecule has 0 saturated heterocycles. The number of nitrogens with zero attached hydrogens (tertiary/aromatic N) is 2. The van der Waals surface area contributed by atoms with Gasteiger partial charge in [-0.05, 0) is 63.4 Å². The fraction of sp³-hybridized carbons (Fsp3) is 0.438. The minimum absolute atomic E-state index is 0.0303. The lowest BCUT2D eigenvalue weighted by atomic mass is 9.97. The molecule has 4 rings (SSSR count). The molecule has 11 nitrogen and oxygen atoms in total. The quantitative estimate of drug-likeness (QED) is 0.157. The topological polar surface area (TPSA) is 138 Å². The molecule has 4 N–H and O–H groups in total. The third kappa shape index (κ3) is 8.44. The van der Waals surface area contributed by atoms with Crippen molar-refractivity contribution in [3.8, 4) is 11.3 Å². The zero-order chi connectivity index (χ0) is 32.5. The first-order valence-electron chi connectivity index (χ1n) is 15.1. The Hall–Kier alpha value is -4.32. The minimum Gasteiger partial charge on any atom is -0.464 e. The maximum atomic E-state index is 14.0. The molecule has 13 heteroatoms. The number of ether oxygens (including phenoxy) is 2. The molecule has 0 saturated carbocycles. The van der Waals surface area contributed by atoms with Crippen LogP contribution in [0.5, 0.6) is 0 Å².